The summed E-state index contributed by atoms with van der Waals surface area (Å²) in [4.78, 5) is 48.4. The maximum Gasteiger partial charge on any atom is 0.270 e. The Labute approximate surface area is 157 Å². The van der Waals surface area contributed by atoms with Gasteiger partial charge in [-0.3, -0.25) is 24.5 Å². The van der Waals surface area contributed by atoms with Crippen molar-refractivity contribution in [2.24, 2.45) is 5.92 Å². The van der Waals surface area contributed by atoms with Crippen molar-refractivity contribution in [2.45, 2.75) is 26.2 Å². The molecule has 1 saturated heterocycles. The van der Waals surface area contributed by atoms with E-state index in [4.69, 9.17) is 0 Å². The fourth-order valence-electron chi connectivity index (χ4n) is 2.94. The van der Waals surface area contributed by atoms with Gasteiger partial charge < -0.3 is 15.5 Å². The number of rotatable bonds is 7. The van der Waals surface area contributed by atoms with E-state index >= 15 is 0 Å². The number of nitrogens with zero attached hydrogens (tertiary/aromatic N) is 2. The SMILES string of the molecule is CCCNC(=O)C1CCCN(C(=O)CNC(=O)c2cccc([N+](=O)[O-])c2)C1. The molecule has 1 fully saturated rings. The number of carbonyl (C=O) groups is 3. The highest BCUT2D eigenvalue weighted by atomic mass is 16.6. The van der Waals surface area contributed by atoms with Gasteiger partial charge >= 0.3 is 0 Å². The zero-order chi connectivity index (χ0) is 19.8. The van der Waals surface area contributed by atoms with Crippen LogP contribution >= 0.6 is 0 Å². The fourth-order valence-corrected chi connectivity index (χ4v) is 2.94. The first-order chi connectivity index (χ1) is 12.9. The lowest BCUT2D eigenvalue weighted by Crippen LogP contribution is -2.48. The minimum absolute atomic E-state index is 0.0463. The van der Waals surface area contributed by atoms with Gasteiger partial charge in [-0.25, -0.2) is 0 Å². The maximum absolute atomic E-state index is 12.4. The second kappa shape index (κ2) is 9.65. The average Bonchev–Trinajstić information content (AvgIpc) is 2.70. The second-order valence-corrected chi connectivity index (χ2v) is 6.46. The van der Waals surface area contributed by atoms with E-state index in [-0.39, 0.29) is 35.5 Å². The number of non-ortho nitro benzene ring substituents is 1. The van der Waals surface area contributed by atoms with Gasteiger partial charge in [0.1, 0.15) is 0 Å². The summed E-state index contributed by atoms with van der Waals surface area (Å²) >= 11 is 0. The van der Waals surface area contributed by atoms with Crippen LogP contribution in [0.5, 0.6) is 0 Å². The quantitative estimate of drug-likeness (QED) is 0.545. The summed E-state index contributed by atoms with van der Waals surface area (Å²) in [6.07, 6.45) is 2.32. The molecule has 1 unspecified atom stereocenters. The summed E-state index contributed by atoms with van der Waals surface area (Å²) in [5.74, 6) is -1.11. The molecule has 1 aliphatic heterocycles. The molecular formula is C18H24N4O5. The van der Waals surface area contributed by atoms with Crippen LogP contribution in [0, 0.1) is 16.0 Å². The van der Waals surface area contributed by atoms with Crippen molar-refractivity contribution in [3.05, 3.63) is 39.9 Å². The third-order valence-corrected chi connectivity index (χ3v) is 4.41. The second-order valence-electron chi connectivity index (χ2n) is 6.46. The van der Waals surface area contributed by atoms with Crippen LogP contribution in [0.15, 0.2) is 24.3 Å². The van der Waals surface area contributed by atoms with Crippen molar-refractivity contribution in [2.75, 3.05) is 26.2 Å². The molecule has 1 aromatic carbocycles. The van der Waals surface area contributed by atoms with Gasteiger partial charge in [-0.2, -0.15) is 0 Å². The summed E-state index contributed by atoms with van der Waals surface area (Å²) in [5, 5.41) is 16.1. The van der Waals surface area contributed by atoms with Crippen molar-refractivity contribution in [3.63, 3.8) is 0 Å². The Balaban J connectivity index is 1.87. The Hall–Kier alpha value is -2.97. The molecule has 1 aliphatic rings. The number of nitrogens with one attached hydrogen (secondary N) is 2. The van der Waals surface area contributed by atoms with E-state index in [0.29, 0.717) is 19.6 Å². The van der Waals surface area contributed by atoms with E-state index in [9.17, 15) is 24.5 Å². The lowest BCUT2D eigenvalue weighted by Gasteiger charge is -2.32. The number of amides is 3. The van der Waals surface area contributed by atoms with Crippen LogP contribution in [-0.4, -0.2) is 53.7 Å². The van der Waals surface area contributed by atoms with Crippen molar-refractivity contribution in [1.82, 2.24) is 15.5 Å². The van der Waals surface area contributed by atoms with Crippen molar-refractivity contribution in [3.8, 4) is 0 Å². The number of likely N-dealkylation sites (tertiary alicyclic amines) is 1. The predicted octanol–water partition coefficient (Wildman–Crippen LogP) is 1.09. The smallest absolute Gasteiger partial charge is 0.270 e. The molecule has 1 heterocycles. The summed E-state index contributed by atoms with van der Waals surface area (Å²) < 4.78 is 0. The van der Waals surface area contributed by atoms with Crippen LogP contribution in [0.3, 0.4) is 0 Å². The predicted molar refractivity (Wildman–Crippen MR) is 98.0 cm³/mol. The van der Waals surface area contributed by atoms with Gasteiger partial charge in [0.2, 0.25) is 11.8 Å². The number of nitro groups is 1. The largest absolute Gasteiger partial charge is 0.356 e. The third-order valence-electron chi connectivity index (χ3n) is 4.41. The van der Waals surface area contributed by atoms with Gasteiger partial charge in [0.15, 0.2) is 0 Å². The number of carbonyl (C=O) groups excluding carboxylic acids is 3. The summed E-state index contributed by atoms with van der Waals surface area (Å²) in [5.41, 5.74) is -0.0709. The Kier molecular flexibility index (Phi) is 7.27. The van der Waals surface area contributed by atoms with Crippen molar-refractivity contribution < 1.29 is 19.3 Å². The first-order valence-corrected chi connectivity index (χ1v) is 9.00. The molecular weight excluding hydrogens is 352 g/mol. The summed E-state index contributed by atoms with van der Waals surface area (Å²) in [6.45, 7) is 3.25. The van der Waals surface area contributed by atoms with Crippen LogP contribution in [0.2, 0.25) is 0 Å². The van der Waals surface area contributed by atoms with Crippen LogP contribution in [0.1, 0.15) is 36.5 Å². The highest BCUT2D eigenvalue weighted by Gasteiger charge is 2.28. The number of benzene rings is 1. The van der Waals surface area contributed by atoms with Crippen LogP contribution in [0.25, 0.3) is 0 Å². The van der Waals surface area contributed by atoms with Gasteiger partial charge in [-0.1, -0.05) is 13.0 Å². The molecule has 0 aromatic heterocycles. The molecule has 0 saturated carbocycles. The van der Waals surface area contributed by atoms with Crippen molar-refractivity contribution >= 4 is 23.4 Å². The Morgan fingerprint density at radius 1 is 1.30 bits per heavy atom. The van der Waals surface area contributed by atoms with Crippen LogP contribution in [-0.2, 0) is 9.59 Å². The number of piperidine rings is 1. The highest BCUT2D eigenvalue weighted by molar-refractivity contribution is 5.97. The number of hydrogen-bond donors (Lipinski definition) is 2. The van der Waals surface area contributed by atoms with E-state index in [1.807, 2.05) is 6.92 Å². The minimum atomic E-state index is -0.584. The molecule has 146 valence electrons. The number of nitro benzene ring substituents is 1. The van der Waals surface area contributed by atoms with Crippen LogP contribution in [0.4, 0.5) is 5.69 Å². The van der Waals surface area contributed by atoms with Gasteiger partial charge in [-0.05, 0) is 25.3 Å². The topological polar surface area (TPSA) is 122 Å². The van der Waals surface area contributed by atoms with E-state index in [1.54, 1.807) is 4.90 Å². The first kappa shape index (κ1) is 20.3. The van der Waals surface area contributed by atoms with Gasteiger partial charge in [-0.15, -0.1) is 0 Å². The lowest BCUT2D eigenvalue weighted by molar-refractivity contribution is -0.384. The lowest BCUT2D eigenvalue weighted by atomic mass is 9.97. The molecule has 1 aromatic rings. The Bertz CT molecular complexity index is 721. The Morgan fingerprint density at radius 2 is 2.07 bits per heavy atom. The minimum Gasteiger partial charge on any atom is -0.356 e. The molecule has 27 heavy (non-hydrogen) atoms. The summed E-state index contributed by atoms with van der Waals surface area (Å²) in [6, 6.07) is 5.31. The zero-order valence-corrected chi connectivity index (χ0v) is 15.3. The zero-order valence-electron chi connectivity index (χ0n) is 15.3. The van der Waals surface area contributed by atoms with E-state index < -0.39 is 10.8 Å². The average molecular weight is 376 g/mol. The molecule has 0 aliphatic carbocycles. The third kappa shape index (κ3) is 5.77. The molecule has 0 radical (unpaired) electrons. The standard InChI is InChI=1S/C18H24N4O5/c1-2-8-19-18(25)14-6-4-9-21(12-14)16(23)11-20-17(24)13-5-3-7-15(10-13)22(26)27/h3,5,7,10,14H,2,4,6,8-9,11-12H2,1H3,(H,19,25)(H,20,24). The van der Waals surface area contributed by atoms with Gasteiger partial charge in [0, 0.05) is 37.3 Å². The molecule has 1 atom stereocenters. The van der Waals surface area contributed by atoms with Gasteiger partial charge in [0.25, 0.3) is 11.6 Å². The molecule has 9 heteroatoms. The molecule has 2 N–H and O–H groups in total. The van der Waals surface area contributed by atoms with Gasteiger partial charge in [0.05, 0.1) is 17.4 Å². The molecule has 3 amide bonds. The molecule has 2 rings (SSSR count). The van der Waals surface area contributed by atoms with E-state index in [2.05, 4.69) is 10.6 Å². The molecule has 0 bridgehead atoms. The van der Waals surface area contributed by atoms with E-state index in [1.165, 1.54) is 18.2 Å². The maximum atomic E-state index is 12.4. The normalized spacial score (nSPS) is 16.5. The van der Waals surface area contributed by atoms with E-state index in [0.717, 1.165) is 25.3 Å². The summed E-state index contributed by atoms with van der Waals surface area (Å²) in [7, 11) is 0. The molecule has 9 nitrogen and oxygen atoms in total. The monoisotopic (exact) mass is 376 g/mol. The fraction of sp³-hybridized carbons (Fsp3) is 0.500. The Morgan fingerprint density at radius 3 is 2.78 bits per heavy atom. The van der Waals surface area contributed by atoms with Crippen LogP contribution < -0.4 is 10.6 Å². The first-order valence-electron chi connectivity index (χ1n) is 9.00. The van der Waals surface area contributed by atoms with Crippen molar-refractivity contribution in [1.29, 1.82) is 0 Å². The number of hydrogen-bond acceptors (Lipinski definition) is 5. The molecule has 0 spiro atoms. The highest BCUT2D eigenvalue weighted by Crippen LogP contribution is 2.17.